The van der Waals surface area contributed by atoms with E-state index in [1.807, 2.05) is 31.2 Å². The first-order chi connectivity index (χ1) is 13.0. The number of hydrogen-bond acceptors (Lipinski definition) is 4. The third-order valence-electron chi connectivity index (χ3n) is 4.62. The second-order valence-electron chi connectivity index (χ2n) is 6.65. The molecule has 6 heteroatoms. The normalized spacial score (nSPS) is 15.5. The van der Waals surface area contributed by atoms with Crippen LogP contribution in [0.15, 0.2) is 54.6 Å². The van der Waals surface area contributed by atoms with Crippen LogP contribution >= 0.6 is 0 Å². The Labute approximate surface area is 156 Å². The van der Waals surface area contributed by atoms with Crippen LogP contribution in [0.3, 0.4) is 0 Å². The van der Waals surface area contributed by atoms with Crippen LogP contribution in [0, 0.1) is 12.7 Å². The molecule has 1 aliphatic rings. The van der Waals surface area contributed by atoms with Gasteiger partial charge < -0.3 is 10.2 Å². The van der Waals surface area contributed by atoms with E-state index in [9.17, 15) is 9.18 Å². The van der Waals surface area contributed by atoms with Gasteiger partial charge in [-0.3, -0.25) is 4.79 Å². The van der Waals surface area contributed by atoms with Crippen LogP contribution in [0.5, 0.6) is 0 Å². The zero-order chi connectivity index (χ0) is 19.0. The molecule has 27 heavy (non-hydrogen) atoms. The van der Waals surface area contributed by atoms with Crippen molar-refractivity contribution in [2.75, 3.05) is 10.2 Å². The van der Waals surface area contributed by atoms with Gasteiger partial charge in [-0.15, -0.1) is 0 Å². The summed E-state index contributed by atoms with van der Waals surface area (Å²) in [4.78, 5) is 23.5. The van der Waals surface area contributed by atoms with E-state index in [1.165, 1.54) is 6.07 Å². The highest BCUT2D eigenvalue weighted by Gasteiger charge is 2.32. The molecule has 0 radical (unpaired) electrons. The number of amides is 1. The molecular formula is C21H19FN4O. The van der Waals surface area contributed by atoms with Gasteiger partial charge in [0.05, 0.1) is 5.69 Å². The van der Waals surface area contributed by atoms with Gasteiger partial charge in [0.1, 0.15) is 23.2 Å². The van der Waals surface area contributed by atoms with E-state index >= 15 is 0 Å². The van der Waals surface area contributed by atoms with Crippen molar-refractivity contribution in [1.82, 2.24) is 9.97 Å². The third kappa shape index (κ3) is 3.26. The molecule has 1 atom stereocenters. The summed E-state index contributed by atoms with van der Waals surface area (Å²) in [6, 6.07) is 15.8. The van der Waals surface area contributed by atoms with Gasteiger partial charge in [0, 0.05) is 17.8 Å². The van der Waals surface area contributed by atoms with E-state index < -0.39 is 0 Å². The first-order valence-corrected chi connectivity index (χ1v) is 8.81. The molecule has 2 heterocycles. The van der Waals surface area contributed by atoms with Crippen LogP contribution in [0.25, 0.3) is 0 Å². The second-order valence-corrected chi connectivity index (χ2v) is 6.65. The molecule has 1 N–H and O–H groups in total. The molecule has 3 aromatic rings. The molecule has 5 nitrogen and oxygen atoms in total. The number of carbonyl (C=O) groups excluding carboxylic acids is 1. The van der Waals surface area contributed by atoms with Crippen molar-refractivity contribution >= 4 is 23.1 Å². The quantitative estimate of drug-likeness (QED) is 0.756. The first kappa shape index (κ1) is 17.1. The summed E-state index contributed by atoms with van der Waals surface area (Å²) in [6.45, 7) is 3.73. The Hall–Kier alpha value is -3.28. The lowest BCUT2D eigenvalue weighted by atomic mass is 10.1. The Balaban J connectivity index is 1.67. The Morgan fingerprint density at radius 3 is 2.70 bits per heavy atom. The van der Waals surface area contributed by atoms with E-state index in [2.05, 4.69) is 15.3 Å². The van der Waals surface area contributed by atoms with E-state index in [0.717, 1.165) is 17.7 Å². The number of carbonyl (C=O) groups is 1. The summed E-state index contributed by atoms with van der Waals surface area (Å²) in [6.07, 6.45) is 0.812. The number of para-hydroxylation sites is 2. The predicted molar refractivity (Wildman–Crippen MR) is 103 cm³/mol. The van der Waals surface area contributed by atoms with Crippen LogP contribution in [-0.2, 0) is 6.42 Å². The average Bonchev–Trinajstić information content (AvgIpc) is 2.98. The lowest BCUT2D eigenvalue weighted by Gasteiger charge is -2.22. The molecule has 1 aliphatic heterocycles. The molecule has 1 aromatic heterocycles. The van der Waals surface area contributed by atoms with Crippen molar-refractivity contribution in [1.29, 1.82) is 0 Å². The van der Waals surface area contributed by atoms with Gasteiger partial charge in [0.2, 0.25) is 0 Å². The molecule has 1 amide bonds. The molecule has 1 unspecified atom stereocenters. The van der Waals surface area contributed by atoms with Crippen molar-refractivity contribution < 1.29 is 9.18 Å². The topological polar surface area (TPSA) is 58.1 Å². The van der Waals surface area contributed by atoms with Gasteiger partial charge in [-0.2, -0.15) is 0 Å². The summed E-state index contributed by atoms with van der Waals surface area (Å²) in [5, 5.41) is 2.93. The number of halogens is 1. The highest BCUT2D eigenvalue weighted by molar-refractivity contribution is 6.07. The second kappa shape index (κ2) is 6.79. The lowest BCUT2D eigenvalue weighted by molar-refractivity contribution is 0.0976. The summed E-state index contributed by atoms with van der Waals surface area (Å²) in [5.74, 6) is 0.258. The molecule has 4 rings (SSSR count). The van der Waals surface area contributed by atoms with Gasteiger partial charge in [-0.25, -0.2) is 14.4 Å². The molecule has 0 fully saturated rings. The van der Waals surface area contributed by atoms with Gasteiger partial charge in [-0.1, -0.05) is 30.3 Å². The number of aryl methyl sites for hydroxylation is 1. The Bertz CT molecular complexity index is 1020. The van der Waals surface area contributed by atoms with Gasteiger partial charge in [0.25, 0.3) is 5.91 Å². The predicted octanol–water partition coefficient (Wildman–Crippen LogP) is 4.26. The molecule has 2 aromatic carbocycles. The van der Waals surface area contributed by atoms with Crippen molar-refractivity contribution in [2.45, 2.75) is 26.3 Å². The van der Waals surface area contributed by atoms with Gasteiger partial charge >= 0.3 is 0 Å². The Kier molecular flexibility index (Phi) is 4.32. The van der Waals surface area contributed by atoms with Crippen LogP contribution in [-0.4, -0.2) is 21.9 Å². The van der Waals surface area contributed by atoms with Crippen LogP contribution < -0.4 is 10.2 Å². The van der Waals surface area contributed by atoms with E-state index in [-0.39, 0.29) is 23.5 Å². The molecular weight excluding hydrogens is 343 g/mol. The summed E-state index contributed by atoms with van der Waals surface area (Å²) in [7, 11) is 0. The number of benzene rings is 2. The zero-order valence-electron chi connectivity index (χ0n) is 15.1. The number of nitrogens with zero attached hydrogens (tertiary/aromatic N) is 3. The maximum Gasteiger partial charge on any atom is 0.277 e. The third-order valence-corrected chi connectivity index (χ3v) is 4.62. The number of aromatic nitrogens is 2. The average molecular weight is 362 g/mol. The SMILES string of the molecule is Cc1nc(Nc2ccccc2F)cc(C(=O)N2c3ccccc3CC2C)n1. The lowest BCUT2D eigenvalue weighted by Crippen LogP contribution is -2.36. The Morgan fingerprint density at radius 2 is 1.89 bits per heavy atom. The van der Waals surface area contributed by atoms with Crippen molar-refractivity contribution in [3.05, 3.63) is 77.5 Å². The number of fused-ring (bicyclic) bond motifs is 1. The molecule has 0 bridgehead atoms. The van der Waals surface area contributed by atoms with Gasteiger partial charge in [-0.05, 0) is 44.0 Å². The number of anilines is 3. The van der Waals surface area contributed by atoms with Gasteiger partial charge in [0.15, 0.2) is 0 Å². The van der Waals surface area contributed by atoms with E-state index in [4.69, 9.17) is 0 Å². The molecule has 0 aliphatic carbocycles. The minimum atomic E-state index is -0.385. The Morgan fingerprint density at radius 1 is 1.15 bits per heavy atom. The molecule has 0 spiro atoms. The maximum atomic E-state index is 13.9. The number of rotatable bonds is 3. The first-order valence-electron chi connectivity index (χ1n) is 8.81. The van der Waals surface area contributed by atoms with Crippen LogP contribution in [0.2, 0.25) is 0 Å². The summed E-state index contributed by atoms with van der Waals surface area (Å²) >= 11 is 0. The zero-order valence-corrected chi connectivity index (χ0v) is 15.1. The van der Waals surface area contributed by atoms with E-state index in [0.29, 0.717) is 17.3 Å². The fourth-order valence-corrected chi connectivity index (χ4v) is 3.44. The minimum absolute atomic E-state index is 0.0492. The molecule has 0 saturated heterocycles. The minimum Gasteiger partial charge on any atom is -0.338 e. The van der Waals surface area contributed by atoms with Crippen LogP contribution in [0.4, 0.5) is 21.6 Å². The maximum absolute atomic E-state index is 13.9. The summed E-state index contributed by atoms with van der Waals surface area (Å²) in [5.41, 5.74) is 2.64. The van der Waals surface area contributed by atoms with Crippen molar-refractivity contribution in [3.63, 3.8) is 0 Å². The number of hydrogen-bond donors (Lipinski definition) is 1. The standard InChI is InChI=1S/C21H19FN4O/c1-13-11-15-7-3-6-10-19(15)26(13)21(27)18-12-20(24-14(2)23-18)25-17-9-5-4-8-16(17)22/h3-10,12-13H,11H2,1-2H3,(H,23,24,25). The monoisotopic (exact) mass is 362 g/mol. The highest BCUT2D eigenvalue weighted by atomic mass is 19.1. The van der Waals surface area contributed by atoms with Crippen LogP contribution in [0.1, 0.15) is 28.8 Å². The largest absolute Gasteiger partial charge is 0.338 e. The van der Waals surface area contributed by atoms with E-state index in [1.54, 1.807) is 36.1 Å². The molecule has 136 valence electrons. The number of nitrogens with one attached hydrogen (secondary N) is 1. The van der Waals surface area contributed by atoms with Crippen molar-refractivity contribution in [3.8, 4) is 0 Å². The van der Waals surface area contributed by atoms with Crippen molar-refractivity contribution in [2.24, 2.45) is 0 Å². The smallest absolute Gasteiger partial charge is 0.277 e. The molecule has 0 saturated carbocycles. The fraction of sp³-hybridized carbons (Fsp3) is 0.190. The highest BCUT2D eigenvalue weighted by Crippen LogP contribution is 2.33. The summed E-state index contributed by atoms with van der Waals surface area (Å²) < 4.78 is 13.9. The fourth-order valence-electron chi connectivity index (χ4n) is 3.44.